The van der Waals surface area contributed by atoms with Gasteiger partial charge in [0.1, 0.15) is 4.21 Å². The quantitative estimate of drug-likeness (QED) is 0.800. The number of quaternary nitrogens is 1. The molecule has 1 aromatic heterocycles. The molecule has 0 spiro atoms. The Morgan fingerprint density at radius 3 is 2.44 bits per heavy atom. The molecule has 0 aliphatic carbocycles. The maximum absolute atomic E-state index is 12.4. The van der Waals surface area contributed by atoms with E-state index in [2.05, 4.69) is 38.8 Å². The second kappa shape index (κ2) is 5.88. The third-order valence-electron chi connectivity index (χ3n) is 3.15. The normalized spacial score (nSPS) is 19.3. The maximum Gasteiger partial charge on any atom is 0.253 e. The third kappa shape index (κ3) is 2.99. The van der Waals surface area contributed by atoms with Crippen molar-refractivity contribution in [2.24, 2.45) is 0 Å². The molecule has 0 atom stereocenters. The SMILES string of the molecule is CC[NH+]1CCN(S(=O)(=O)c2cc(Br)c(Br)s2)CC1. The number of halogens is 2. The van der Waals surface area contributed by atoms with Crippen molar-refractivity contribution in [3.05, 3.63) is 14.3 Å². The number of nitrogens with zero attached hydrogens (tertiary/aromatic N) is 1. The molecule has 2 rings (SSSR count). The fourth-order valence-electron chi connectivity index (χ4n) is 1.98. The van der Waals surface area contributed by atoms with Crippen molar-refractivity contribution in [2.75, 3.05) is 32.7 Å². The van der Waals surface area contributed by atoms with Crippen LogP contribution in [-0.2, 0) is 10.0 Å². The molecule has 102 valence electrons. The summed E-state index contributed by atoms with van der Waals surface area (Å²) in [5, 5.41) is 0. The fraction of sp³-hybridized carbons (Fsp3) is 0.600. The van der Waals surface area contributed by atoms with Crippen LogP contribution < -0.4 is 4.90 Å². The van der Waals surface area contributed by atoms with E-state index in [0.29, 0.717) is 17.3 Å². The maximum atomic E-state index is 12.4. The van der Waals surface area contributed by atoms with Crippen molar-refractivity contribution >= 4 is 53.2 Å². The monoisotopic (exact) mass is 417 g/mol. The Hall–Kier alpha value is 0.530. The van der Waals surface area contributed by atoms with E-state index >= 15 is 0 Å². The highest BCUT2D eigenvalue weighted by atomic mass is 79.9. The first-order valence-corrected chi connectivity index (χ1v) is 9.58. The number of hydrogen-bond donors (Lipinski definition) is 1. The summed E-state index contributed by atoms with van der Waals surface area (Å²) < 4.78 is 28.5. The lowest BCUT2D eigenvalue weighted by Crippen LogP contribution is -3.14. The van der Waals surface area contributed by atoms with Gasteiger partial charge < -0.3 is 4.90 Å². The van der Waals surface area contributed by atoms with Gasteiger partial charge in [-0.2, -0.15) is 4.31 Å². The van der Waals surface area contributed by atoms with Crippen molar-refractivity contribution in [1.29, 1.82) is 0 Å². The number of piperazine rings is 1. The van der Waals surface area contributed by atoms with Gasteiger partial charge in [0, 0.05) is 4.47 Å². The van der Waals surface area contributed by atoms with Crippen LogP contribution in [0.15, 0.2) is 18.5 Å². The highest BCUT2D eigenvalue weighted by molar-refractivity contribution is 9.13. The van der Waals surface area contributed by atoms with E-state index in [0.717, 1.165) is 27.9 Å². The van der Waals surface area contributed by atoms with E-state index in [9.17, 15) is 8.42 Å². The first-order valence-electron chi connectivity index (χ1n) is 5.73. The van der Waals surface area contributed by atoms with Crippen molar-refractivity contribution in [2.45, 2.75) is 11.1 Å². The summed E-state index contributed by atoms with van der Waals surface area (Å²) in [5.74, 6) is 0. The van der Waals surface area contributed by atoms with E-state index < -0.39 is 10.0 Å². The zero-order chi connectivity index (χ0) is 13.3. The summed E-state index contributed by atoms with van der Waals surface area (Å²) in [6, 6.07) is 1.67. The van der Waals surface area contributed by atoms with Gasteiger partial charge in [0.25, 0.3) is 10.0 Å². The first-order chi connectivity index (χ1) is 8.45. The number of nitrogens with one attached hydrogen (secondary N) is 1. The Bertz CT molecular complexity index is 502. The van der Waals surface area contributed by atoms with Crippen molar-refractivity contribution < 1.29 is 13.3 Å². The molecule has 1 aromatic rings. The Balaban J connectivity index is 2.17. The van der Waals surface area contributed by atoms with Crippen LogP contribution >= 0.6 is 43.2 Å². The van der Waals surface area contributed by atoms with E-state index in [-0.39, 0.29) is 0 Å². The summed E-state index contributed by atoms with van der Waals surface area (Å²) in [5.41, 5.74) is 0. The predicted octanol–water partition coefficient (Wildman–Crippen LogP) is 1.18. The minimum absolute atomic E-state index is 0.404. The summed E-state index contributed by atoms with van der Waals surface area (Å²) in [4.78, 5) is 1.47. The molecule has 4 nitrogen and oxygen atoms in total. The zero-order valence-electron chi connectivity index (χ0n) is 9.95. The number of hydrogen-bond acceptors (Lipinski definition) is 3. The van der Waals surface area contributed by atoms with E-state index in [4.69, 9.17) is 0 Å². The topological polar surface area (TPSA) is 41.8 Å². The van der Waals surface area contributed by atoms with Crippen LogP contribution in [0.4, 0.5) is 0 Å². The first kappa shape index (κ1) is 14.9. The highest BCUT2D eigenvalue weighted by Crippen LogP contribution is 2.36. The molecular formula is C10H15Br2N2O2S2+. The van der Waals surface area contributed by atoms with Crippen LogP contribution in [0.1, 0.15) is 6.92 Å². The molecule has 0 aromatic carbocycles. The number of rotatable bonds is 3. The van der Waals surface area contributed by atoms with Crippen LogP contribution in [0, 0.1) is 0 Å². The van der Waals surface area contributed by atoms with Crippen LogP contribution in [0.25, 0.3) is 0 Å². The molecule has 0 bridgehead atoms. The standard InChI is InChI=1S/C10H14Br2N2O2S2/c1-2-13-3-5-14(6-4-13)18(15,16)9-7-8(11)10(12)17-9/h7H,2-6H2,1H3/p+1. The second-order valence-corrected chi connectivity index (χ2v) is 9.58. The number of thiophene rings is 1. The average Bonchev–Trinajstić information content (AvgIpc) is 2.70. The molecule has 0 radical (unpaired) electrons. The van der Waals surface area contributed by atoms with E-state index in [1.54, 1.807) is 10.4 Å². The Morgan fingerprint density at radius 1 is 1.39 bits per heavy atom. The van der Waals surface area contributed by atoms with E-state index in [1.165, 1.54) is 16.2 Å². The van der Waals surface area contributed by atoms with Gasteiger partial charge in [-0.1, -0.05) is 0 Å². The van der Waals surface area contributed by atoms with Crippen molar-refractivity contribution in [1.82, 2.24) is 4.31 Å². The summed E-state index contributed by atoms with van der Waals surface area (Å²) in [6.45, 7) is 6.20. The lowest BCUT2D eigenvalue weighted by molar-refractivity contribution is -0.901. The van der Waals surface area contributed by atoms with E-state index in [1.807, 2.05) is 0 Å². The Morgan fingerprint density at radius 2 is 2.00 bits per heavy atom. The second-order valence-electron chi connectivity index (χ2n) is 4.19. The van der Waals surface area contributed by atoms with Crippen molar-refractivity contribution in [3.63, 3.8) is 0 Å². The summed E-state index contributed by atoms with van der Waals surface area (Å²) >= 11 is 7.92. The van der Waals surface area contributed by atoms with Crippen LogP contribution in [0.5, 0.6) is 0 Å². The highest BCUT2D eigenvalue weighted by Gasteiger charge is 2.31. The largest absolute Gasteiger partial charge is 0.333 e. The Labute approximate surface area is 128 Å². The third-order valence-corrected chi connectivity index (χ3v) is 8.75. The molecule has 1 saturated heterocycles. The minimum Gasteiger partial charge on any atom is -0.333 e. The van der Waals surface area contributed by atoms with Crippen LogP contribution in [0.3, 0.4) is 0 Å². The summed E-state index contributed by atoms with van der Waals surface area (Å²) in [7, 11) is -3.32. The van der Waals surface area contributed by atoms with Gasteiger partial charge in [-0.3, -0.25) is 0 Å². The minimum atomic E-state index is -3.32. The van der Waals surface area contributed by atoms with Crippen molar-refractivity contribution in [3.8, 4) is 0 Å². The molecule has 18 heavy (non-hydrogen) atoms. The van der Waals surface area contributed by atoms with Crippen LogP contribution in [-0.4, -0.2) is 45.4 Å². The average molecular weight is 419 g/mol. The van der Waals surface area contributed by atoms with Gasteiger partial charge >= 0.3 is 0 Å². The molecule has 8 heteroatoms. The zero-order valence-corrected chi connectivity index (χ0v) is 14.8. The Kier molecular flexibility index (Phi) is 4.88. The summed E-state index contributed by atoms with van der Waals surface area (Å²) in [6.07, 6.45) is 0. The fourth-order valence-corrected chi connectivity index (χ4v) is 6.39. The molecular weight excluding hydrogens is 404 g/mol. The van der Waals surface area contributed by atoms with Gasteiger partial charge in [0.2, 0.25) is 0 Å². The molecule has 1 aliphatic heterocycles. The molecule has 1 aliphatic rings. The molecule has 2 heterocycles. The van der Waals surface area contributed by atoms with Gasteiger partial charge in [-0.25, -0.2) is 8.42 Å². The number of likely N-dealkylation sites (N-methyl/N-ethyl adjacent to an activating group) is 1. The molecule has 0 amide bonds. The number of sulfonamides is 1. The molecule has 0 saturated carbocycles. The van der Waals surface area contributed by atoms with Crippen LogP contribution in [0.2, 0.25) is 0 Å². The van der Waals surface area contributed by atoms with Gasteiger partial charge in [0.05, 0.1) is 36.5 Å². The van der Waals surface area contributed by atoms with Gasteiger partial charge in [-0.05, 0) is 44.8 Å². The molecule has 1 N–H and O–H groups in total. The lowest BCUT2D eigenvalue weighted by Gasteiger charge is -2.30. The van der Waals surface area contributed by atoms with Gasteiger partial charge in [-0.15, -0.1) is 11.3 Å². The smallest absolute Gasteiger partial charge is 0.253 e. The van der Waals surface area contributed by atoms with Gasteiger partial charge in [0.15, 0.2) is 0 Å². The predicted molar refractivity (Wildman–Crippen MR) is 79.7 cm³/mol. The lowest BCUT2D eigenvalue weighted by atomic mass is 10.4. The molecule has 0 unspecified atom stereocenters. The molecule has 1 fully saturated rings.